The number of thiol groups is 1. The Bertz CT molecular complexity index is 1860. The van der Waals surface area contributed by atoms with Crippen LogP contribution in [0.2, 0.25) is 0 Å². The fourth-order valence-corrected chi connectivity index (χ4v) is 10.0. The number of aromatic nitrogens is 1. The second kappa shape index (κ2) is 27.6. The molecule has 16 nitrogen and oxygen atoms in total. The fourth-order valence-electron chi connectivity index (χ4n) is 8.97. The number of hydrogen-bond donors (Lipinski definition) is 5. The number of methoxy groups -OCH3 is 2. The van der Waals surface area contributed by atoms with Crippen LogP contribution in [0, 0.1) is 23.7 Å². The standard InChI is InChI=1S/C48H78N8O8S2/c1-13-31(6)42(55(10)48(62)40(29(2)3)53-46(61)41(30(4)5)54(8)9)37(63-11)27-39(58)56-24-17-20-36(56)43(64-12)32(7)44(59)51-34(26-33-18-15-14-16-19-33)47-52-35(28-66-47)45(60)50-23-22-49-38(57)21-25-65/h14-16,18-19,28-32,34,36-37,40-43,65H,13,17,20-27H2,1-12H3,(H,49,57)(H,50,60)(H,51,59)(H,53,61)/t31-,32+,34-,36-,37+,40-,41?,42-,43+/m0/s1. The van der Waals surface area contributed by atoms with E-state index in [4.69, 9.17) is 9.47 Å². The number of nitrogens with one attached hydrogen (secondary N) is 4. The van der Waals surface area contributed by atoms with Crippen molar-refractivity contribution in [3.05, 3.63) is 52.0 Å². The second-order valence-electron chi connectivity index (χ2n) is 18.4. The maximum Gasteiger partial charge on any atom is 0.270 e. The molecule has 18 heteroatoms. The molecule has 1 unspecified atom stereocenters. The highest BCUT2D eigenvalue weighted by atomic mass is 32.1. The molecule has 1 aliphatic heterocycles. The lowest BCUT2D eigenvalue weighted by Crippen LogP contribution is -2.59. The molecule has 6 amide bonds. The third-order valence-corrected chi connectivity index (χ3v) is 13.9. The lowest BCUT2D eigenvalue weighted by Gasteiger charge is -2.41. The number of likely N-dealkylation sites (tertiary alicyclic amines) is 1. The minimum absolute atomic E-state index is 0.00476. The van der Waals surface area contributed by atoms with Crippen LogP contribution < -0.4 is 21.3 Å². The molecule has 4 N–H and O–H groups in total. The van der Waals surface area contributed by atoms with Gasteiger partial charge in [0.15, 0.2) is 0 Å². The topological polar surface area (TPSA) is 192 Å². The van der Waals surface area contributed by atoms with Gasteiger partial charge in [-0.25, -0.2) is 4.98 Å². The Morgan fingerprint density at radius 2 is 1.58 bits per heavy atom. The van der Waals surface area contributed by atoms with Crippen LogP contribution in [0.4, 0.5) is 0 Å². The van der Waals surface area contributed by atoms with Gasteiger partial charge in [0, 0.05) is 52.7 Å². The molecule has 2 aromatic rings. The van der Waals surface area contributed by atoms with Crippen LogP contribution in [0.5, 0.6) is 0 Å². The van der Waals surface area contributed by atoms with Gasteiger partial charge in [-0.05, 0) is 62.4 Å². The normalized spacial score (nSPS) is 17.6. The molecule has 2 heterocycles. The maximum atomic E-state index is 14.5. The van der Waals surface area contributed by atoms with E-state index < -0.39 is 54.2 Å². The minimum atomic E-state index is -0.786. The number of likely N-dealkylation sites (N-methyl/N-ethyl adjacent to an activating group) is 2. The van der Waals surface area contributed by atoms with Crippen LogP contribution in [-0.4, -0.2) is 152 Å². The summed E-state index contributed by atoms with van der Waals surface area (Å²) in [4.78, 5) is 91.4. The van der Waals surface area contributed by atoms with Crippen molar-refractivity contribution in [3.8, 4) is 0 Å². The molecule has 1 saturated heterocycles. The van der Waals surface area contributed by atoms with Crippen LogP contribution in [0.1, 0.15) is 108 Å². The zero-order valence-corrected chi connectivity index (χ0v) is 43.0. The fraction of sp³-hybridized carbons (Fsp3) is 0.688. The van der Waals surface area contributed by atoms with E-state index in [0.29, 0.717) is 43.0 Å². The van der Waals surface area contributed by atoms with E-state index >= 15 is 0 Å². The zero-order chi connectivity index (χ0) is 49.2. The van der Waals surface area contributed by atoms with E-state index in [1.807, 2.05) is 90.9 Å². The number of benzene rings is 1. The predicted octanol–water partition coefficient (Wildman–Crippen LogP) is 4.36. The molecule has 0 spiro atoms. The number of rotatable bonds is 27. The highest BCUT2D eigenvalue weighted by molar-refractivity contribution is 7.80. The Balaban J connectivity index is 1.80. The van der Waals surface area contributed by atoms with E-state index in [1.54, 1.807) is 43.4 Å². The summed E-state index contributed by atoms with van der Waals surface area (Å²) in [5.41, 5.74) is 1.17. The van der Waals surface area contributed by atoms with Crippen LogP contribution in [-0.2, 0) is 39.9 Å². The molecular formula is C48H78N8O8S2. The molecule has 1 aliphatic rings. The third kappa shape index (κ3) is 15.7. The molecular weight excluding hydrogens is 881 g/mol. The van der Waals surface area contributed by atoms with Crippen LogP contribution in [0.25, 0.3) is 0 Å². The van der Waals surface area contributed by atoms with E-state index in [9.17, 15) is 28.8 Å². The quantitative estimate of drug-likeness (QED) is 0.0636. The van der Waals surface area contributed by atoms with Crippen molar-refractivity contribution in [1.29, 1.82) is 0 Å². The summed E-state index contributed by atoms with van der Waals surface area (Å²) in [6.45, 7) is 14.6. The van der Waals surface area contributed by atoms with Crippen LogP contribution >= 0.6 is 24.0 Å². The van der Waals surface area contributed by atoms with Crippen molar-refractivity contribution in [2.75, 3.05) is 60.7 Å². The Morgan fingerprint density at radius 3 is 2.15 bits per heavy atom. The van der Waals surface area contributed by atoms with Crippen LogP contribution in [0.3, 0.4) is 0 Å². The van der Waals surface area contributed by atoms with Crippen molar-refractivity contribution in [2.24, 2.45) is 23.7 Å². The third-order valence-electron chi connectivity index (χ3n) is 12.7. The number of ether oxygens (including phenoxy) is 2. The smallest absolute Gasteiger partial charge is 0.270 e. The molecule has 0 saturated carbocycles. The minimum Gasteiger partial charge on any atom is -0.379 e. The van der Waals surface area contributed by atoms with E-state index in [-0.39, 0.29) is 72.5 Å². The summed E-state index contributed by atoms with van der Waals surface area (Å²) in [5.74, 6) is -1.92. The molecule has 0 aliphatic carbocycles. The van der Waals surface area contributed by atoms with Crippen molar-refractivity contribution in [3.63, 3.8) is 0 Å². The Hall–Kier alpha value is -4.10. The van der Waals surface area contributed by atoms with Crippen molar-refractivity contribution >= 4 is 59.4 Å². The molecule has 0 radical (unpaired) electrons. The van der Waals surface area contributed by atoms with Gasteiger partial charge in [0.1, 0.15) is 16.7 Å². The maximum absolute atomic E-state index is 14.5. The summed E-state index contributed by atoms with van der Waals surface area (Å²) in [7, 11) is 8.54. The van der Waals surface area contributed by atoms with Gasteiger partial charge in [0.2, 0.25) is 29.5 Å². The summed E-state index contributed by atoms with van der Waals surface area (Å²) in [6.07, 6.45) is 1.46. The molecule has 66 heavy (non-hydrogen) atoms. The lowest BCUT2D eigenvalue weighted by molar-refractivity contribution is -0.148. The van der Waals surface area contributed by atoms with E-state index in [0.717, 1.165) is 12.0 Å². The lowest BCUT2D eigenvalue weighted by atomic mass is 9.89. The average molecular weight is 959 g/mol. The first kappa shape index (κ1) is 56.2. The van der Waals surface area contributed by atoms with Crippen molar-refractivity contribution in [1.82, 2.24) is 41.0 Å². The number of amides is 6. The molecule has 3 rings (SSSR count). The van der Waals surface area contributed by atoms with Gasteiger partial charge in [0.25, 0.3) is 5.91 Å². The Labute approximate surface area is 402 Å². The zero-order valence-electron chi connectivity index (χ0n) is 41.3. The van der Waals surface area contributed by atoms with Gasteiger partial charge >= 0.3 is 0 Å². The summed E-state index contributed by atoms with van der Waals surface area (Å²) in [6, 6.07) is 7.03. The van der Waals surface area contributed by atoms with Gasteiger partial charge in [0.05, 0.1) is 48.7 Å². The highest BCUT2D eigenvalue weighted by Gasteiger charge is 2.43. The van der Waals surface area contributed by atoms with E-state index in [1.165, 1.54) is 11.3 Å². The van der Waals surface area contributed by atoms with Crippen molar-refractivity contribution in [2.45, 2.75) is 129 Å². The average Bonchev–Trinajstić information content (AvgIpc) is 3.98. The molecule has 1 fully saturated rings. The first-order chi connectivity index (χ1) is 31.3. The first-order valence-corrected chi connectivity index (χ1v) is 24.9. The van der Waals surface area contributed by atoms with Crippen molar-refractivity contribution < 1.29 is 38.2 Å². The SMILES string of the molecule is CC[C@H](C)[C@@H]([C@@H](CC(=O)N1CCC[C@H]1[C@H](OC)[C@@H](C)C(=O)N[C@@H](Cc1ccccc1)c1nc(C(=O)NCCNC(=O)CCS)cs1)OC)N(C)C(=O)[C@@H](NC(=O)C(C(C)C)N(C)C)C(C)C. The predicted molar refractivity (Wildman–Crippen MR) is 262 cm³/mol. The van der Waals surface area contributed by atoms with Gasteiger partial charge in [-0.1, -0.05) is 85.2 Å². The van der Waals surface area contributed by atoms with Gasteiger partial charge in [-0.3, -0.25) is 33.7 Å². The number of thiazole rings is 1. The number of carbonyl (C=O) groups excluding carboxylic acids is 6. The molecule has 1 aromatic carbocycles. The molecule has 9 atom stereocenters. The summed E-state index contributed by atoms with van der Waals surface area (Å²) >= 11 is 5.34. The van der Waals surface area contributed by atoms with Gasteiger partial charge in [-0.2, -0.15) is 12.6 Å². The Morgan fingerprint density at radius 1 is 0.909 bits per heavy atom. The summed E-state index contributed by atoms with van der Waals surface area (Å²) < 4.78 is 12.2. The van der Waals surface area contributed by atoms with Crippen LogP contribution in [0.15, 0.2) is 35.7 Å². The molecule has 0 bridgehead atoms. The molecule has 370 valence electrons. The summed E-state index contributed by atoms with van der Waals surface area (Å²) in [5, 5.41) is 14.0. The number of hydrogen-bond acceptors (Lipinski definition) is 12. The van der Waals surface area contributed by atoms with Gasteiger partial charge < -0.3 is 40.5 Å². The largest absolute Gasteiger partial charge is 0.379 e. The number of carbonyl (C=O) groups is 6. The highest BCUT2D eigenvalue weighted by Crippen LogP contribution is 2.31. The second-order valence-corrected chi connectivity index (χ2v) is 19.7. The first-order valence-electron chi connectivity index (χ1n) is 23.3. The Kier molecular flexibility index (Phi) is 23.6. The van der Waals surface area contributed by atoms with Gasteiger partial charge in [-0.15, -0.1) is 11.3 Å². The van der Waals surface area contributed by atoms with E-state index in [2.05, 4.69) is 38.9 Å². The monoisotopic (exact) mass is 959 g/mol. The molecule has 1 aromatic heterocycles. The number of nitrogens with zero attached hydrogens (tertiary/aromatic N) is 4.